The summed E-state index contributed by atoms with van der Waals surface area (Å²) in [6, 6.07) is 2.04. The zero-order chi connectivity index (χ0) is 12.9. The highest BCUT2D eigenvalue weighted by atomic mass is 16.1. The summed E-state index contributed by atoms with van der Waals surface area (Å²) in [4.78, 5) is 14.8. The lowest BCUT2D eigenvalue weighted by molar-refractivity contribution is -0.124. The summed E-state index contributed by atoms with van der Waals surface area (Å²) in [6.07, 6.45) is 4.60. The standard InChI is InChI=1S/C13H23N3O/c1-10(4-6-14)12(17)16-9-13(2,3)11-5-7-15-8-11/h5,7-8,10,15H,4,6,9,14H2,1-3H3,(H,16,17). The first-order chi connectivity index (χ1) is 7.97. The van der Waals surface area contributed by atoms with Gasteiger partial charge in [0.15, 0.2) is 0 Å². The fourth-order valence-corrected chi connectivity index (χ4v) is 1.71. The molecule has 0 fully saturated rings. The molecule has 1 unspecified atom stereocenters. The van der Waals surface area contributed by atoms with E-state index < -0.39 is 0 Å². The molecule has 0 spiro atoms. The number of aromatic amines is 1. The lowest BCUT2D eigenvalue weighted by Crippen LogP contribution is -2.39. The highest BCUT2D eigenvalue weighted by Crippen LogP contribution is 2.21. The minimum atomic E-state index is -0.0574. The number of rotatable bonds is 6. The molecule has 1 heterocycles. The summed E-state index contributed by atoms with van der Waals surface area (Å²) in [7, 11) is 0. The van der Waals surface area contributed by atoms with Crippen LogP contribution in [0.2, 0.25) is 0 Å². The molecule has 1 amide bonds. The van der Waals surface area contributed by atoms with E-state index in [1.807, 2.05) is 25.4 Å². The summed E-state index contributed by atoms with van der Waals surface area (Å²) in [6.45, 7) is 7.33. The molecule has 4 nitrogen and oxygen atoms in total. The van der Waals surface area contributed by atoms with Crippen LogP contribution in [0.5, 0.6) is 0 Å². The lowest BCUT2D eigenvalue weighted by Gasteiger charge is -2.25. The normalized spacial score (nSPS) is 13.4. The Morgan fingerprint density at radius 3 is 2.82 bits per heavy atom. The number of aromatic nitrogens is 1. The van der Waals surface area contributed by atoms with Gasteiger partial charge in [-0.2, -0.15) is 0 Å². The monoisotopic (exact) mass is 237 g/mol. The highest BCUT2D eigenvalue weighted by Gasteiger charge is 2.22. The number of H-pyrrole nitrogens is 1. The molecule has 1 rings (SSSR count). The van der Waals surface area contributed by atoms with Crippen LogP contribution in [0.25, 0.3) is 0 Å². The van der Waals surface area contributed by atoms with Gasteiger partial charge >= 0.3 is 0 Å². The van der Waals surface area contributed by atoms with E-state index in [2.05, 4.69) is 24.1 Å². The van der Waals surface area contributed by atoms with Gasteiger partial charge in [0.05, 0.1) is 0 Å². The molecule has 0 aliphatic carbocycles. The van der Waals surface area contributed by atoms with Crippen molar-refractivity contribution >= 4 is 5.91 Å². The Hall–Kier alpha value is -1.29. The van der Waals surface area contributed by atoms with Gasteiger partial charge in [-0.1, -0.05) is 20.8 Å². The average Bonchev–Trinajstić information content (AvgIpc) is 2.80. The first-order valence-corrected chi connectivity index (χ1v) is 6.08. The minimum absolute atomic E-state index is 0.0120. The van der Waals surface area contributed by atoms with Crippen LogP contribution < -0.4 is 11.1 Å². The summed E-state index contributed by atoms with van der Waals surface area (Å²) < 4.78 is 0. The highest BCUT2D eigenvalue weighted by molar-refractivity contribution is 5.78. The lowest BCUT2D eigenvalue weighted by atomic mass is 9.86. The molecule has 0 radical (unpaired) electrons. The van der Waals surface area contributed by atoms with E-state index in [-0.39, 0.29) is 17.2 Å². The summed E-state index contributed by atoms with van der Waals surface area (Å²) >= 11 is 0. The molecule has 4 N–H and O–H groups in total. The minimum Gasteiger partial charge on any atom is -0.367 e. The van der Waals surface area contributed by atoms with Crippen LogP contribution in [0.4, 0.5) is 0 Å². The van der Waals surface area contributed by atoms with Gasteiger partial charge in [-0.05, 0) is 24.6 Å². The van der Waals surface area contributed by atoms with Crippen molar-refractivity contribution in [1.82, 2.24) is 10.3 Å². The fraction of sp³-hybridized carbons (Fsp3) is 0.615. The van der Waals surface area contributed by atoms with Crippen LogP contribution in [0.3, 0.4) is 0 Å². The van der Waals surface area contributed by atoms with Gasteiger partial charge in [0.2, 0.25) is 5.91 Å². The summed E-state index contributed by atoms with van der Waals surface area (Å²) in [5.74, 6) is 0.0704. The topological polar surface area (TPSA) is 70.9 Å². The number of hydrogen-bond acceptors (Lipinski definition) is 2. The molecule has 0 aliphatic heterocycles. The molecular weight excluding hydrogens is 214 g/mol. The Balaban J connectivity index is 2.47. The number of nitrogens with one attached hydrogen (secondary N) is 2. The third kappa shape index (κ3) is 3.89. The first kappa shape index (κ1) is 13.8. The van der Waals surface area contributed by atoms with Gasteiger partial charge in [-0.15, -0.1) is 0 Å². The van der Waals surface area contributed by atoms with Crippen molar-refractivity contribution < 1.29 is 4.79 Å². The van der Waals surface area contributed by atoms with Crippen molar-refractivity contribution in [2.75, 3.05) is 13.1 Å². The molecular formula is C13H23N3O. The molecule has 1 atom stereocenters. The molecule has 4 heteroatoms. The smallest absolute Gasteiger partial charge is 0.222 e. The Bertz CT molecular complexity index is 344. The second-order valence-corrected chi connectivity index (χ2v) is 5.18. The van der Waals surface area contributed by atoms with Gasteiger partial charge in [0, 0.05) is 30.3 Å². The van der Waals surface area contributed by atoms with Crippen molar-refractivity contribution in [1.29, 1.82) is 0 Å². The molecule has 1 aromatic heterocycles. The Morgan fingerprint density at radius 1 is 1.59 bits per heavy atom. The molecule has 17 heavy (non-hydrogen) atoms. The van der Waals surface area contributed by atoms with Crippen molar-refractivity contribution in [2.24, 2.45) is 11.7 Å². The largest absolute Gasteiger partial charge is 0.367 e. The van der Waals surface area contributed by atoms with Crippen molar-refractivity contribution in [3.63, 3.8) is 0 Å². The number of carbonyl (C=O) groups is 1. The van der Waals surface area contributed by atoms with E-state index in [4.69, 9.17) is 5.73 Å². The van der Waals surface area contributed by atoms with Gasteiger partial charge in [-0.25, -0.2) is 0 Å². The fourth-order valence-electron chi connectivity index (χ4n) is 1.71. The SMILES string of the molecule is CC(CCN)C(=O)NCC(C)(C)c1cc[nH]c1. The predicted molar refractivity (Wildman–Crippen MR) is 69.7 cm³/mol. The van der Waals surface area contributed by atoms with E-state index in [1.165, 1.54) is 5.56 Å². The second-order valence-electron chi connectivity index (χ2n) is 5.18. The second kappa shape index (κ2) is 5.87. The van der Waals surface area contributed by atoms with Crippen molar-refractivity contribution in [3.05, 3.63) is 24.0 Å². The quantitative estimate of drug-likeness (QED) is 0.699. The molecule has 0 bridgehead atoms. The molecule has 0 aliphatic rings. The maximum Gasteiger partial charge on any atom is 0.222 e. The number of hydrogen-bond donors (Lipinski definition) is 3. The van der Waals surface area contributed by atoms with Crippen LogP contribution in [-0.2, 0) is 10.2 Å². The molecule has 1 aromatic rings. The van der Waals surface area contributed by atoms with E-state index in [1.54, 1.807) is 0 Å². The van der Waals surface area contributed by atoms with Gasteiger partial charge in [0.25, 0.3) is 0 Å². The first-order valence-electron chi connectivity index (χ1n) is 6.08. The third-order valence-corrected chi connectivity index (χ3v) is 3.13. The average molecular weight is 237 g/mol. The summed E-state index contributed by atoms with van der Waals surface area (Å²) in [5.41, 5.74) is 6.58. The van der Waals surface area contributed by atoms with Crippen LogP contribution >= 0.6 is 0 Å². The number of nitrogens with two attached hydrogens (primary N) is 1. The van der Waals surface area contributed by atoms with E-state index in [0.29, 0.717) is 13.1 Å². The van der Waals surface area contributed by atoms with Gasteiger partial charge < -0.3 is 16.0 Å². The number of amides is 1. The van der Waals surface area contributed by atoms with Gasteiger partial charge in [-0.3, -0.25) is 4.79 Å². The predicted octanol–water partition coefficient (Wildman–Crippen LogP) is 1.39. The molecule has 96 valence electrons. The molecule has 0 aromatic carbocycles. The maximum absolute atomic E-state index is 11.8. The summed E-state index contributed by atoms with van der Waals surface area (Å²) in [5, 5.41) is 2.99. The van der Waals surface area contributed by atoms with Gasteiger partial charge in [0.1, 0.15) is 0 Å². The van der Waals surface area contributed by atoms with E-state index >= 15 is 0 Å². The maximum atomic E-state index is 11.8. The Kier molecular flexibility index (Phi) is 4.75. The van der Waals surface area contributed by atoms with Crippen LogP contribution in [0, 0.1) is 5.92 Å². The van der Waals surface area contributed by atoms with Crippen LogP contribution in [0.15, 0.2) is 18.5 Å². The third-order valence-electron chi connectivity index (χ3n) is 3.13. The molecule has 0 saturated heterocycles. The van der Waals surface area contributed by atoms with Crippen LogP contribution in [-0.4, -0.2) is 24.0 Å². The van der Waals surface area contributed by atoms with Crippen molar-refractivity contribution in [3.8, 4) is 0 Å². The Morgan fingerprint density at radius 2 is 2.29 bits per heavy atom. The van der Waals surface area contributed by atoms with Crippen molar-refractivity contribution in [2.45, 2.75) is 32.6 Å². The van der Waals surface area contributed by atoms with E-state index in [9.17, 15) is 4.79 Å². The van der Waals surface area contributed by atoms with E-state index in [0.717, 1.165) is 6.42 Å². The number of carbonyl (C=O) groups excluding carboxylic acids is 1. The Labute approximate surface area is 103 Å². The van der Waals surface area contributed by atoms with Crippen LogP contribution in [0.1, 0.15) is 32.8 Å². The molecule has 0 saturated carbocycles. The zero-order valence-corrected chi connectivity index (χ0v) is 10.9. The zero-order valence-electron chi connectivity index (χ0n) is 10.9.